The molecule has 1 rings (SSSR count). The third kappa shape index (κ3) is 20.5. The molecule has 12 heteroatoms. The molecule has 0 saturated heterocycles. The molecule has 1 aromatic rings. The summed E-state index contributed by atoms with van der Waals surface area (Å²) < 4.78 is 32.9. The van der Waals surface area contributed by atoms with Crippen molar-refractivity contribution in [1.29, 1.82) is 0 Å². The molecule has 39 heavy (non-hydrogen) atoms. The van der Waals surface area contributed by atoms with Gasteiger partial charge in [-0.05, 0) is 25.0 Å². The van der Waals surface area contributed by atoms with Gasteiger partial charge in [0.1, 0.15) is 12.6 Å². The minimum absolute atomic E-state index is 0.0196. The number of tetrazole rings is 1. The molecule has 0 spiro atoms. The number of halogens is 1. The number of unbranched alkanes of at least 4 members (excludes halogenated alkanes) is 15. The van der Waals surface area contributed by atoms with Crippen LogP contribution in [0.25, 0.3) is 0 Å². The number of carbonyl (C=O) groups is 1. The summed E-state index contributed by atoms with van der Waals surface area (Å²) in [6.45, 7) is 4.48. The maximum absolute atomic E-state index is 12.2. The van der Waals surface area contributed by atoms with Crippen LogP contribution >= 0.6 is 22.6 Å². The molecule has 1 aromatic heterocycles. The summed E-state index contributed by atoms with van der Waals surface area (Å²) in [5.74, 6) is 0.508. The molecule has 0 fully saturated rings. The van der Waals surface area contributed by atoms with Crippen LogP contribution in [0, 0.1) is 6.92 Å². The quantitative estimate of drug-likeness (QED) is 0.0671. The summed E-state index contributed by atoms with van der Waals surface area (Å²) in [6, 6.07) is -0.582. The van der Waals surface area contributed by atoms with E-state index in [1.807, 2.05) is 0 Å². The van der Waals surface area contributed by atoms with Crippen molar-refractivity contribution in [3.05, 3.63) is 5.82 Å². The van der Waals surface area contributed by atoms with Crippen molar-refractivity contribution in [2.75, 3.05) is 29.9 Å². The highest BCUT2D eigenvalue weighted by Crippen LogP contribution is 2.13. The number of carbonyl (C=O) groups excluding carboxylic acids is 1. The van der Waals surface area contributed by atoms with E-state index >= 15 is 0 Å². The number of hydrogen-bond donors (Lipinski definition) is 2. The predicted molar refractivity (Wildman–Crippen MR) is 166 cm³/mol. The summed E-state index contributed by atoms with van der Waals surface area (Å²) in [4.78, 5) is 13.4. The van der Waals surface area contributed by atoms with Crippen LogP contribution < -0.4 is 10.0 Å². The number of aromatic nitrogens is 4. The molecule has 1 atom stereocenters. The van der Waals surface area contributed by atoms with Crippen LogP contribution in [-0.4, -0.2) is 64.6 Å². The van der Waals surface area contributed by atoms with E-state index in [4.69, 9.17) is 4.74 Å². The summed E-state index contributed by atoms with van der Waals surface area (Å²) in [7, 11) is -3.42. The van der Waals surface area contributed by atoms with Crippen molar-refractivity contribution in [1.82, 2.24) is 30.2 Å². The lowest BCUT2D eigenvalue weighted by Gasteiger charge is -2.17. The SMILES string of the molecule is CCCCCCCCCCCCCCCCCCNC(=O)OCC(CNS(=O)(=O)CCCI)n1nnc(C)n1. The molecule has 1 heterocycles. The van der Waals surface area contributed by atoms with Crippen molar-refractivity contribution in [2.24, 2.45) is 0 Å². The van der Waals surface area contributed by atoms with E-state index in [1.165, 1.54) is 94.7 Å². The Morgan fingerprint density at radius 3 is 1.92 bits per heavy atom. The Balaban J connectivity index is 2.07. The number of alkyl carbamates (subject to hydrolysis) is 1. The van der Waals surface area contributed by atoms with Gasteiger partial charge in [0.2, 0.25) is 10.0 Å². The molecule has 1 amide bonds. The second kappa shape index (κ2) is 23.7. The number of alkyl halides is 1. The third-order valence-corrected chi connectivity index (χ3v) is 8.84. The first kappa shape index (κ1) is 36.0. The minimum Gasteiger partial charge on any atom is -0.447 e. The Kier molecular flexibility index (Phi) is 21.8. The lowest BCUT2D eigenvalue weighted by atomic mass is 10.0. The largest absolute Gasteiger partial charge is 0.447 e. The first-order valence-electron chi connectivity index (χ1n) is 15.1. The van der Waals surface area contributed by atoms with E-state index in [-0.39, 0.29) is 18.9 Å². The second-order valence-corrected chi connectivity index (χ2v) is 13.4. The Labute approximate surface area is 250 Å². The molecule has 0 aliphatic heterocycles. The van der Waals surface area contributed by atoms with Gasteiger partial charge < -0.3 is 10.1 Å². The number of aryl methyl sites for hydroxylation is 1. The standard InChI is InChI=1S/C27H53IN6O4S/c1-3-4-5-6-7-8-9-10-11-12-13-14-15-16-17-18-21-29-27(35)38-24-26(34-32-25(2)31-33-34)23-30-39(36,37)22-19-20-28/h26,30H,3-24H2,1-2H3,(H,29,35). The fraction of sp³-hybridized carbons (Fsp3) is 0.926. The van der Waals surface area contributed by atoms with Crippen molar-refractivity contribution >= 4 is 38.7 Å². The zero-order valence-corrected chi connectivity index (χ0v) is 27.3. The van der Waals surface area contributed by atoms with Gasteiger partial charge in [0.25, 0.3) is 0 Å². The maximum Gasteiger partial charge on any atom is 0.407 e. The van der Waals surface area contributed by atoms with Crippen LogP contribution in [0.2, 0.25) is 0 Å². The van der Waals surface area contributed by atoms with Crippen LogP contribution in [-0.2, 0) is 14.8 Å². The molecular formula is C27H53IN6O4S. The Hall–Kier alpha value is -1.02. The van der Waals surface area contributed by atoms with E-state index in [1.54, 1.807) is 6.92 Å². The normalized spacial score (nSPS) is 12.5. The van der Waals surface area contributed by atoms with Gasteiger partial charge in [-0.3, -0.25) is 0 Å². The minimum atomic E-state index is -3.42. The number of nitrogens with zero attached hydrogens (tertiary/aromatic N) is 4. The third-order valence-electron chi connectivity index (χ3n) is 6.65. The van der Waals surface area contributed by atoms with Crippen molar-refractivity contribution < 1.29 is 17.9 Å². The monoisotopic (exact) mass is 684 g/mol. The summed E-state index contributed by atoms with van der Waals surface area (Å²) in [6.07, 6.45) is 21.0. The van der Waals surface area contributed by atoms with Crippen LogP contribution in [0.15, 0.2) is 0 Å². The number of rotatable bonds is 26. The highest BCUT2D eigenvalue weighted by Gasteiger charge is 2.20. The van der Waals surface area contributed by atoms with E-state index < -0.39 is 22.2 Å². The lowest BCUT2D eigenvalue weighted by molar-refractivity contribution is 0.122. The number of amides is 1. The molecule has 228 valence electrons. The van der Waals surface area contributed by atoms with Gasteiger partial charge in [-0.2, -0.15) is 4.80 Å². The molecule has 2 N–H and O–H groups in total. The lowest BCUT2D eigenvalue weighted by Crippen LogP contribution is -2.36. The average molecular weight is 685 g/mol. The maximum atomic E-state index is 12.2. The van der Waals surface area contributed by atoms with Crippen LogP contribution in [0.3, 0.4) is 0 Å². The molecule has 0 aliphatic carbocycles. The summed E-state index contributed by atoms with van der Waals surface area (Å²) in [5, 5.41) is 14.7. The fourth-order valence-corrected chi connectivity index (χ4v) is 6.30. The van der Waals surface area contributed by atoms with E-state index in [0.717, 1.165) is 17.3 Å². The van der Waals surface area contributed by atoms with Gasteiger partial charge in [-0.1, -0.05) is 126 Å². The Bertz CT molecular complexity index is 840. The van der Waals surface area contributed by atoms with Crippen LogP contribution in [0.4, 0.5) is 4.79 Å². The zero-order valence-electron chi connectivity index (χ0n) is 24.3. The average Bonchev–Trinajstić information content (AvgIpc) is 3.35. The summed E-state index contributed by atoms with van der Waals surface area (Å²) in [5.41, 5.74) is 0. The summed E-state index contributed by atoms with van der Waals surface area (Å²) >= 11 is 2.15. The van der Waals surface area contributed by atoms with Crippen molar-refractivity contribution in [2.45, 2.75) is 129 Å². The molecule has 0 saturated carbocycles. The zero-order chi connectivity index (χ0) is 28.6. The van der Waals surface area contributed by atoms with Crippen LogP contribution in [0.1, 0.15) is 128 Å². The van der Waals surface area contributed by atoms with Gasteiger partial charge in [0, 0.05) is 17.5 Å². The van der Waals surface area contributed by atoms with Gasteiger partial charge in [-0.15, -0.1) is 10.2 Å². The van der Waals surface area contributed by atoms with Crippen LogP contribution in [0.5, 0.6) is 0 Å². The number of ether oxygens (including phenoxy) is 1. The van der Waals surface area contributed by atoms with Gasteiger partial charge in [0.15, 0.2) is 5.82 Å². The van der Waals surface area contributed by atoms with E-state index in [0.29, 0.717) is 18.8 Å². The highest BCUT2D eigenvalue weighted by atomic mass is 127. The topological polar surface area (TPSA) is 128 Å². The molecule has 0 aromatic carbocycles. The first-order valence-corrected chi connectivity index (χ1v) is 18.3. The molecule has 0 aliphatic rings. The molecule has 1 unspecified atom stereocenters. The van der Waals surface area contributed by atoms with E-state index in [2.05, 4.69) is 55.0 Å². The van der Waals surface area contributed by atoms with Gasteiger partial charge in [-0.25, -0.2) is 17.9 Å². The Morgan fingerprint density at radius 1 is 0.897 bits per heavy atom. The van der Waals surface area contributed by atoms with Gasteiger partial charge >= 0.3 is 6.09 Å². The number of hydrogen-bond acceptors (Lipinski definition) is 7. The molecule has 0 radical (unpaired) electrons. The second-order valence-electron chi connectivity index (χ2n) is 10.3. The van der Waals surface area contributed by atoms with Crippen molar-refractivity contribution in [3.8, 4) is 0 Å². The first-order chi connectivity index (χ1) is 18.9. The predicted octanol–water partition coefficient (Wildman–Crippen LogP) is 6.25. The molecule has 0 bridgehead atoms. The Morgan fingerprint density at radius 2 is 1.44 bits per heavy atom. The number of sulfonamides is 1. The fourth-order valence-electron chi connectivity index (χ4n) is 4.29. The molecular weight excluding hydrogens is 631 g/mol. The van der Waals surface area contributed by atoms with Gasteiger partial charge in [0.05, 0.1) is 5.75 Å². The highest BCUT2D eigenvalue weighted by molar-refractivity contribution is 14.1. The molecule has 10 nitrogen and oxygen atoms in total. The smallest absolute Gasteiger partial charge is 0.407 e. The van der Waals surface area contributed by atoms with E-state index in [9.17, 15) is 13.2 Å². The van der Waals surface area contributed by atoms with Crippen molar-refractivity contribution in [3.63, 3.8) is 0 Å². The number of nitrogens with one attached hydrogen (secondary N) is 2.